The first-order valence-electron chi connectivity index (χ1n) is 7.99. The summed E-state index contributed by atoms with van der Waals surface area (Å²) >= 11 is 0. The molecule has 2 aliphatic carbocycles. The zero-order valence-electron chi connectivity index (χ0n) is 12.7. The Morgan fingerprint density at radius 1 is 1.05 bits per heavy atom. The molecule has 0 aromatic heterocycles. The summed E-state index contributed by atoms with van der Waals surface area (Å²) in [7, 11) is 0. The molecule has 4 rings (SSSR count). The maximum atomic E-state index is 10.9. The van der Waals surface area contributed by atoms with Crippen molar-refractivity contribution in [2.75, 3.05) is 0 Å². The van der Waals surface area contributed by atoms with Crippen molar-refractivity contribution in [1.82, 2.24) is 0 Å². The van der Waals surface area contributed by atoms with Crippen LogP contribution in [0.4, 0.5) is 0 Å². The van der Waals surface area contributed by atoms with Crippen molar-refractivity contribution in [2.24, 2.45) is 11.8 Å². The second-order valence-electron chi connectivity index (χ2n) is 6.87. The highest BCUT2D eigenvalue weighted by molar-refractivity contribution is 5.41. The molecule has 0 radical (unpaired) electrons. The van der Waals surface area contributed by atoms with Crippen LogP contribution < -0.4 is 0 Å². The fraction of sp³-hybridized carbons (Fsp3) is 0.400. The van der Waals surface area contributed by atoms with Gasteiger partial charge in [0.05, 0.1) is 6.10 Å². The molecule has 21 heavy (non-hydrogen) atoms. The molecule has 0 spiro atoms. The van der Waals surface area contributed by atoms with Crippen LogP contribution in [0.3, 0.4) is 0 Å². The maximum Gasteiger partial charge on any atom is 0.0827 e. The van der Waals surface area contributed by atoms with E-state index in [0.29, 0.717) is 17.8 Å². The molecule has 0 aliphatic heterocycles. The number of aliphatic hydroxyl groups is 1. The van der Waals surface area contributed by atoms with Crippen LogP contribution in [0.2, 0.25) is 0 Å². The normalized spacial score (nSPS) is 27.7. The van der Waals surface area contributed by atoms with E-state index in [4.69, 9.17) is 0 Å². The minimum Gasteiger partial charge on any atom is -0.388 e. The fourth-order valence-electron chi connectivity index (χ4n) is 4.45. The van der Waals surface area contributed by atoms with Crippen LogP contribution in [0.1, 0.15) is 46.3 Å². The smallest absolute Gasteiger partial charge is 0.0827 e. The van der Waals surface area contributed by atoms with Gasteiger partial charge in [-0.15, -0.1) is 0 Å². The number of aliphatic hydroxyl groups excluding tert-OH is 1. The Labute approximate surface area is 126 Å². The van der Waals surface area contributed by atoms with E-state index in [1.54, 1.807) is 0 Å². The molecule has 2 aromatic carbocycles. The lowest BCUT2D eigenvalue weighted by atomic mass is 9.92. The number of aryl methyl sites for hydroxylation is 3. The zero-order chi connectivity index (χ0) is 14.6. The Bertz CT molecular complexity index is 668. The maximum absolute atomic E-state index is 10.9. The lowest BCUT2D eigenvalue weighted by Gasteiger charge is -2.14. The van der Waals surface area contributed by atoms with Crippen molar-refractivity contribution < 1.29 is 5.11 Å². The second kappa shape index (κ2) is 4.71. The summed E-state index contributed by atoms with van der Waals surface area (Å²) in [6.45, 7) is 4.22. The van der Waals surface area contributed by atoms with Crippen LogP contribution in [-0.2, 0) is 6.42 Å². The van der Waals surface area contributed by atoms with Gasteiger partial charge < -0.3 is 5.11 Å². The largest absolute Gasteiger partial charge is 0.388 e. The predicted molar refractivity (Wildman–Crippen MR) is 85.4 cm³/mol. The Kier molecular flexibility index (Phi) is 2.93. The highest BCUT2D eigenvalue weighted by Gasteiger charge is 2.56. The molecule has 2 aromatic rings. The molecule has 0 amide bonds. The van der Waals surface area contributed by atoms with Gasteiger partial charge in [0.2, 0.25) is 0 Å². The molecule has 1 saturated carbocycles. The molecule has 1 N–H and O–H groups in total. The Morgan fingerprint density at radius 3 is 2.52 bits per heavy atom. The number of rotatable bonds is 2. The third-order valence-electron chi connectivity index (χ3n) is 5.34. The van der Waals surface area contributed by atoms with Gasteiger partial charge in [-0.3, -0.25) is 0 Å². The number of fused-ring (bicyclic) bond motifs is 3. The summed E-state index contributed by atoms with van der Waals surface area (Å²) in [5, 5.41) is 10.9. The molecule has 1 nitrogen and oxygen atoms in total. The lowest BCUT2D eigenvalue weighted by Crippen LogP contribution is -2.03. The summed E-state index contributed by atoms with van der Waals surface area (Å²) in [6.07, 6.45) is 2.09. The van der Waals surface area contributed by atoms with Crippen LogP contribution in [0.25, 0.3) is 0 Å². The van der Waals surface area contributed by atoms with Gasteiger partial charge in [0.1, 0.15) is 0 Å². The molecule has 108 valence electrons. The molecule has 2 aliphatic rings. The standard InChI is InChI=1S/C20H22O/c1-12-9-13(2)11-15(10-12)20(21)19-17-8-7-14-5-3-4-6-16(14)18(17)19/h3-6,9-11,17-21H,7-8H2,1-2H3. The summed E-state index contributed by atoms with van der Waals surface area (Å²) in [5.41, 5.74) is 6.57. The third-order valence-corrected chi connectivity index (χ3v) is 5.34. The van der Waals surface area contributed by atoms with Gasteiger partial charge in [0.25, 0.3) is 0 Å². The Morgan fingerprint density at radius 2 is 1.76 bits per heavy atom. The van der Waals surface area contributed by atoms with Crippen LogP contribution in [0.15, 0.2) is 42.5 Å². The summed E-state index contributed by atoms with van der Waals surface area (Å²) in [5.74, 6) is 1.66. The summed E-state index contributed by atoms with van der Waals surface area (Å²) < 4.78 is 0. The van der Waals surface area contributed by atoms with Crippen LogP contribution >= 0.6 is 0 Å². The van der Waals surface area contributed by atoms with Gasteiger partial charge in [-0.05, 0) is 61.1 Å². The zero-order valence-corrected chi connectivity index (χ0v) is 12.7. The first-order chi connectivity index (χ1) is 10.1. The van der Waals surface area contributed by atoms with Crippen LogP contribution in [-0.4, -0.2) is 5.11 Å². The molecular weight excluding hydrogens is 256 g/mol. The highest BCUT2D eigenvalue weighted by Crippen LogP contribution is 2.64. The monoisotopic (exact) mass is 278 g/mol. The van der Waals surface area contributed by atoms with Crippen molar-refractivity contribution in [1.29, 1.82) is 0 Å². The number of hydrogen-bond donors (Lipinski definition) is 1. The van der Waals surface area contributed by atoms with Gasteiger partial charge in [-0.25, -0.2) is 0 Å². The minimum atomic E-state index is -0.315. The predicted octanol–water partition coefficient (Wildman–Crippen LogP) is 4.31. The third kappa shape index (κ3) is 2.11. The van der Waals surface area contributed by atoms with E-state index < -0.39 is 0 Å². The fourth-order valence-corrected chi connectivity index (χ4v) is 4.45. The van der Waals surface area contributed by atoms with Gasteiger partial charge in [-0.1, -0.05) is 53.6 Å². The van der Waals surface area contributed by atoms with Gasteiger partial charge in [-0.2, -0.15) is 0 Å². The second-order valence-corrected chi connectivity index (χ2v) is 6.87. The van der Waals surface area contributed by atoms with E-state index in [9.17, 15) is 5.11 Å². The van der Waals surface area contributed by atoms with E-state index in [1.165, 1.54) is 35.1 Å². The molecule has 0 heterocycles. The SMILES string of the molecule is Cc1cc(C)cc(C(O)C2C3CCc4ccccc4C32)c1. The van der Waals surface area contributed by atoms with Crippen LogP contribution in [0.5, 0.6) is 0 Å². The number of hydrogen-bond acceptors (Lipinski definition) is 1. The van der Waals surface area contributed by atoms with Gasteiger partial charge in [0.15, 0.2) is 0 Å². The highest BCUT2D eigenvalue weighted by atomic mass is 16.3. The van der Waals surface area contributed by atoms with Crippen molar-refractivity contribution in [3.63, 3.8) is 0 Å². The summed E-state index contributed by atoms with van der Waals surface area (Å²) in [4.78, 5) is 0. The first-order valence-corrected chi connectivity index (χ1v) is 7.99. The van der Waals surface area contributed by atoms with Gasteiger partial charge in [0, 0.05) is 0 Å². The van der Waals surface area contributed by atoms with Gasteiger partial charge >= 0.3 is 0 Å². The quantitative estimate of drug-likeness (QED) is 0.867. The Balaban J connectivity index is 1.65. The molecule has 0 bridgehead atoms. The molecule has 4 unspecified atom stereocenters. The molecule has 1 fully saturated rings. The van der Waals surface area contributed by atoms with Crippen molar-refractivity contribution >= 4 is 0 Å². The lowest BCUT2D eigenvalue weighted by molar-refractivity contribution is 0.145. The molecular formula is C20H22O. The summed E-state index contributed by atoms with van der Waals surface area (Å²) in [6, 6.07) is 15.3. The van der Waals surface area contributed by atoms with Crippen LogP contribution in [0, 0.1) is 25.7 Å². The first kappa shape index (κ1) is 13.1. The van der Waals surface area contributed by atoms with E-state index >= 15 is 0 Å². The molecule has 1 heteroatoms. The Hall–Kier alpha value is -1.60. The van der Waals surface area contributed by atoms with Crippen molar-refractivity contribution in [2.45, 2.75) is 38.7 Å². The van der Waals surface area contributed by atoms with E-state index in [2.05, 4.69) is 56.3 Å². The molecule has 0 saturated heterocycles. The van der Waals surface area contributed by atoms with E-state index in [-0.39, 0.29) is 6.10 Å². The molecule has 4 atom stereocenters. The van der Waals surface area contributed by atoms with Crippen molar-refractivity contribution in [3.8, 4) is 0 Å². The van der Waals surface area contributed by atoms with Crippen molar-refractivity contribution in [3.05, 3.63) is 70.3 Å². The topological polar surface area (TPSA) is 20.2 Å². The minimum absolute atomic E-state index is 0.315. The van der Waals surface area contributed by atoms with E-state index in [1.807, 2.05) is 0 Å². The average Bonchev–Trinajstić information content (AvgIpc) is 3.20. The average molecular weight is 278 g/mol. The van der Waals surface area contributed by atoms with E-state index in [0.717, 1.165) is 5.56 Å². The number of benzene rings is 2.